The van der Waals surface area contributed by atoms with Crippen LogP contribution in [0.2, 0.25) is 0 Å². The maximum Gasteiger partial charge on any atom is 0.419 e. The van der Waals surface area contributed by atoms with Gasteiger partial charge in [-0.3, -0.25) is 4.79 Å². The standard InChI is InChI=1S/C29H37F4N3O3/c1-17(37)36-23(12-18-6-7-22(30)21(11-18)29(31,32)33)25(38)16-34-24-14-28(8-5-9-28)39-26-20(24)10-19(15-35-26)13-27(2,3)4/h6-7,10-11,15,23-25,34,38H,5,8-9,12-14,16H2,1-4H3,(H,36,37)/t23-,24-,25+/m0/s1. The van der Waals surface area contributed by atoms with Gasteiger partial charge in [-0.25, -0.2) is 9.37 Å². The highest BCUT2D eigenvalue weighted by molar-refractivity contribution is 5.73. The van der Waals surface area contributed by atoms with Gasteiger partial charge < -0.3 is 20.5 Å². The van der Waals surface area contributed by atoms with Crippen LogP contribution in [0.4, 0.5) is 17.6 Å². The first kappa shape index (κ1) is 29.3. The van der Waals surface area contributed by atoms with E-state index in [-0.39, 0.29) is 35.6 Å². The van der Waals surface area contributed by atoms with E-state index < -0.39 is 35.6 Å². The third-order valence-corrected chi connectivity index (χ3v) is 7.42. The molecule has 1 aliphatic heterocycles. The van der Waals surface area contributed by atoms with Crippen LogP contribution in [0.3, 0.4) is 0 Å². The van der Waals surface area contributed by atoms with Crippen LogP contribution < -0.4 is 15.4 Å². The molecule has 6 nitrogen and oxygen atoms in total. The minimum Gasteiger partial charge on any atom is -0.471 e. The van der Waals surface area contributed by atoms with E-state index in [1.807, 2.05) is 6.20 Å². The van der Waals surface area contributed by atoms with Crippen molar-refractivity contribution in [3.05, 3.63) is 58.5 Å². The summed E-state index contributed by atoms with van der Waals surface area (Å²) in [5.41, 5.74) is 0.533. The average molecular weight is 552 g/mol. The fourth-order valence-corrected chi connectivity index (χ4v) is 5.47. The molecule has 1 aliphatic carbocycles. The third-order valence-electron chi connectivity index (χ3n) is 7.42. The number of rotatable bonds is 8. The maximum atomic E-state index is 13.8. The molecule has 214 valence electrons. The molecule has 1 fully saturated rings. The number of alkyl halides is 3. The summed E-state index contributed by atoms with van der Waals surface area (Å²) in [5.74, 6) is -1.22. The number of aliphatic hydroxyl groups excluding tert-OH is 1. The molecule has 4 rings (SSSR count). The van der Waals surface area contributed by atoms with E-state index in [4.69, 9.17) is 4.74 Å². The Morgan fingerprint density at radius 1 is 1.21 bits per heavy atom. The lowest BCUT2D eigenvalue weighted by Gasteiger charge is -2.47. The van der Waals surface area contributed by atoms with E-state index >= 15 is 0 Å². The van der Waals surface area contributed by atoms with Crippen LogP contribution in [-0.4, -0.2) is 40.3 Å². The molecular formula is C29H37F4N3O3. The van der Waals surface area contributed by atoms with E-state index in [1.165, 1.54) is 13.0 Å². The molecule has 2 aliphatic rings. The van der Waals surface area contributed by atoms with Gasteiger partial charge in [-0.2, -0.15) is 13.2 Å². The van der Waals surface area contributed by atoms with Gasteiger partial charge in [0.05, 0.1) is 17.7 Å². The second-order valence-electron chi connectivity index (χ2n) is 12.2. The molecule has 3 atom stereocenters. The van der Waals surface area contributed by atoms with Gasteiger partial charge in [0, 0.05) is 37.7 Å². The van der Waals surface area contributed by atoms with Crippen molar-refractivity contribution in [1.29, 1.82) is 0 Å². The van der Waals surface area contributed by atoms with Gasteiger partial charge in [-0.1, -0.05) is 26.8 Å². The van der Waals surface area contributed by atoms with Crippen molar-refractivity contribution >= 4 is 5.91 Å². The summed E-state index contributed by atoms with van der Waals surface area (Å²) >= 11 is 0. The maximum absolute atomic E-state index is 13.8. The van der Waals surface area contributed by atoms with Gasteiger partial charge in [-0.15, -0.1) is 0 Å². The number of carbonyl (C=O) groups excluding carboxylic acids is 1. The van der Waals surface area contributed by atoms with Crippen molar-refractivity contribution in [2.75, 3.05) is 6.54 Å². The fraction of sp³-hybridized carbons (Fsp3) is 0.586. The molecule has 1 aromatic heterocycles. The summed E-state index contributed by atoms with van der Waals surface area (Å²) in [6.07, 6.45) is 0.199. The number of aliphatic hydroxyl groups is 1. The van der Waals surface area contributed by atoms with E-state index in [1.54, 1.807) is 0 Å². The van der Waals surface area contributed by atoms with Crippen molar-refractivity contribution in [2.24, 2.45) is 5.41 Å². The topological polar surface area (TPSA) is 83.5 Å². The number of nitrogens with one attached hydrogen (secondary N) is 2. The first-order valence-corrected chi connectivity index (χ1v) is 13.4. The largest absolute Gasteiger partial charge is 0.471 e. The van der Waals surface area contributed by atoms with Gasteiger partial charge in [0.25, 0.3) is 0 Å². The molecular weight excluding hydrogens is 514 g/mol. The molecule has 2 aromatic rings. The first-order valence-electron chi connectivity index (χ1n) is 13.4. The molecule has 39 heavy (non-hydrogen) atoms. The second-order valence-corrected chi connectivity index (χ2v) is 12.2. The third kappa shape index (κ3) is 7.28. The molecule has 1 amide bonds. The molecule has 2 heterocycles. The van der Waals surface area contributed by atoms with Crippen molar-refractivity contribution in [3.8, 4) is 5.88 Å². The molecule has 1 spiro atoms. The van der Waals surface area contributed by atoms with Crippen molar-refractivity contribution < 1.29 is 32.2 Å². The number of carbonyl (C=O) groups is 1. The quantitative estimate of drug-likeness (QED) is 0.390. The number of benzene rings is 1. The highest BCUT2D eigenvalue weighted by Crippen LogP contribution is 2.48. The number of fused-ring (bicyclic) bond motifs is 1. The van der Waals surface area contributed by atoms with Gasteiger partial charge in [0.1, 0.15) is 11.4 Å². The Hall–Kier alpha value is -2.72. The van der Waals surface area contributed by atoms with E-state index in [0.717, 1.165) is 48.9 Å². The number of halogens is 4. The lowest BCUT2D eigenvalue weighted by molar-refractivity contribution is -0.140. The number of ether oxygens (including phenoxy) is 1. The highest BCUT2D eigenvalue weighted by Gasteiger charge is 2.46. The van der Waals surface area contributed by atoms with Crippen LogP contribution in [-0.2, 0) is 23.8 Å². The predicted molar refractivity (Wildman–Crippen MR) is 139 cm³/mol. The summed E-state index contributed by atoms with van der Waals surface area (Å²) in [4.78, 5) is 16.5. The van der Waals surface area contributed by atoms with Crippen LogP contribution in [0.5, 0.6) is 5.88 Å². The van der Waals surface area contributed by atoms with Crippen LogP contribution in [0, 0.1) is 11.2 Å². The van der Waals surface area contributed by atoms with E-state index in [9.17, 15) is 27.5 Å². The van der Waals surface area contributed by atoms with Gasteiger partial charge >= 0.3 is 6.18 Å². The zero-order valence-corrected chi connectivity index (χ0v) is 22.8. The summed E-state index contributed by atoms with van der Waals surface area (Å²) < 4.78 is 59.7. The zero-order chi connectivity index (χ0) is 28.6. The average Bonchev–Trinajstić information content (AvgIpc) is 2.80. The number of pyridine rings is 1. The first-order chi connectivity index (χ1) is 18.1. The lowest BCUT2D eigenvalue weighted by atomic mass is 9.73. The van der Waals surface area contributed by atoms with Gasteiger partial charge in [0.2, 0.25) is 11.8 Å². The van der Waals surface area contributed by atoms with Crippen molar-refractivity contribution in [2.45, 2.75) is 96.2 Å². The summed E-state index contributed by atoms with van der Waals surface area (Å²) in [6, 6.07) is 3.76. The highest BCUT2D eigenvalue weighted by atomic mass is 19.4. The van der Waals surface area contributed by atoms with Crippen LogP contribution >= 0.6 is 0 Å². The smallest absolute Gasteiger partial charge is 0.419 e. The van der Waals surface area contributed by atoms with Gasteiger partial charge in [-0.05, 0) is 66.8 Å². The molecule has 3 N–H and O–H groups in total. The van der Waals surface area contributed by atoms with Crippen LogP contribution in [0.15, 0.2) is 30.5 Å². The minimum atomic E-state index is -4.85. The number of nitrogens with zero attached hydrogens (tertiary/aromatic N) is 1. The Morgan fingerprint density at radius 2 is 1.92 bits per heavy atom. The Labute approximate surface area is 226 Å². The lowest BCUT2D eigenvalue weighted by Crippen LogP contribution is -2.52. The molecule has 10 heteroatoms. The fourth-order valence-electron chi connectivity index (χ4n) is 5.47. The van der Waals surface area contributed by atoms with Crippen molar-refractivity contribution in [3.63, 3.8) is 0 Å². The monoisotopic (exact) mass is 551 g/mol. The SMILES string of the molecule is CC(=O)N[C@@H](Cc1ccc(F)c(C(F)(F)F)c1)[C@H](O)CN[C@H]1CC2(CCC2)Oc2ncc(CC(C)(C)C)cc21. The molecule has 0 saturated heterocycles. The molecule has 0 bridgehead atoms. The Kier molecular flexibility index (Phi) is 8.28. The van der Waals surface area contributed by atoms with E-state index in [2.05, 4.69) is 42.5 Å². The summed E-state index contributed by atoms with van der Waals surface area (Å²) in [6.45, 7) is 7.80. The second kappa shape index (κ2) is 11.0. The Balaban J connectivity index is 1.52. The molecule has 0 radical (unpaired) electrons. The van der Waals surface area contributed by atoms with E-state index in [0.29, 0.717) is 12.3 Å². The van der Waals surface area contributed by atoms with Crippen LogP contribution in [0.1, 0.15) is 81.7 Å². The Bertz CT molecular complexity index is 1190. The number of aromatic nitrogens is 1. The predicted octanol–water partition coefficient (Wildman–Crippen LogP) is 5.27. The number of amides is 1. The normalized spacial score (nSPS) is 20.0. The Morgan fingerprint density at radius 3 is 2.51 bits per heavy atom. The number of hydrogen-bond donors (Lipinski definition) is 3. The minimum absolute atomic E-state index is 0.0671. The zero-order valence-electron chi connectivity index (χ0n) is 22.8. The van der Waals surface area contributed by atoms with Crippen LogP contribution in [0.25, 0.3) is 0 Å². The van der Waals surface area contributed by atoms with Crippen molar-refractivity contribution in [1.82, 2.24) is 15.6 Å². The molecule has 1 saturated carbocycles. The molecule has 0 unspecified atom stereocenters. The summed E-state index contributed by atoms with van der Waals surface area (Å²) in [7, 11) is 0. The summed E-state index contributed by atoms with van der Waals surface area (Å²) in [5, 5.41) is 17.1. The number of hydrogen-bond acceptors (Lipinski definition) is 5. The van der Waals surface area contributed by atoms with Gasteiger partial charge in [0.15, 0.2) is 0 Å². The molecule has 1 aromatic carbocycles.